The molecule has 2 fully saturated rings. The molecule has 8 nitrogen and oxygen atoms in total. The van der Waals surface area contributed by atoms with Gasteiger partial charge in [0.25, 0.3) is 11.5 Å². The number of hydrogen-bond donors (Lipinski definition) is 3. The largest absolute Gasteiger partial charge is 0.337 e. The summed E-state index contributed by atoms with van der Waals surface area (Å²) in [6.45, 7) is 4.20. The normalized spacial score (nSPS) is 17.1. The predicted molar refractivity (Wildman–Crippen MR) is 112 cm³/mol. The Bertz CT molecular complexity index is 962. The van der Waals surface area contributed by atoms with Crippen molar-refractivity contribution in [1.82, 2.24) is 25.2 Å². The van der Waals surface area contributed by atoms with E-state index in [4.69, 9.17) is 0 Å². The van der Waals surface area contributed by atoms with Crippen molar-refractivity contribution in [3.8, 4) is 0 Å². The first-order valence-corrected chi connectivity index (χ1v) is 9.18. The highest BCUT2D eigenvalue weighted by atomic mass is 35.5. The molecule has 2 aromatic heterocycles. The van der Waals surface area contributed by atoms with E-state index in [1.54, 1.807) is 17.9 Å². The molecule has 2 aromatic rings. The van der Waals surface area contributed by atoms with Crippen LogP contribution in [-0.2, 0) is 0 Å². The van der Waals surface area contributed by atoms with E-state index >= 15 is 0 Å². The number of nitrogens with one attached hydrogen (secondary N) is 3. The molecule has 1 saturated carbocycles. The lowest BCUT2D eigenvalue weighted by Gasteiger charge is -2.32. The fourth-order valence-electron chi connectivity index (χ4n) is 3.57. The average Bonchev–Trinajstić information content (AvgIpc) is 3.43. The predicted octanol–water partition coefficient (Wildman–Crippen LogP) is 1.37. The molecule has 4 rings (SSSR count). The lowest BCUT2D eigenvalue weighted by Crippen LogP contribution is -2.45. The zero-order chi connectivity index (χ0) is 18.3. The van der Waals surface area contributed by atoms with Gasteiger partial charge in [-0.1, -0.05) is 0 Å². The molecule has 1 amide bonds. The first-order chi connectivity index (χ1) is 12.5. The molecule has 1 aliphatic heterocycles. The summed E-state index contributed by atoms with van der Waals surface area (Å²) in [6, 6.07) is 2.09. The average molecular weight is 430 g/mol. The molecule has 10 heteroatoms. The van der Waals surface area contributed by atoms with Crippen LogP contribution in [0.25, 0.3) is 11.0 Å². The molecule has 0 atom stereocenters. The molecule has 3 N–H and O–H groups in total. The van der Waals surface area contributed by atoms with Gasteiger partial charge in [0, 0.05) is 19.1 Å². The Morgan fingerprint density at radius 2 is 1.86 bits per heavy atom. The van der Waals surface area contributed by atoms with Crippen molar-refractivity contribution in [1.29, 1.82) is 0 Å². The van der Waals surface area contributed by atoms with Gasteiger partial charge in [-0.05, 0) is 56.7 Å². The quantitative estimate of drug-likeness (QED) is 0.679. The Hall–Kier alpha value is -1.90. The molecule has 0 bridgehead atoms. The van der Waals surface area contributed by atoms with Crippen molar-refractivity contribution in [2.45, 2.75) is 38.6 Å². The van der Waals surface area contributed by atoms with Crippen molar-refractivity contribution < 1.29 is 4.79 Å². The topological polar surface area (TPSA) is 111 Å². The minimum Gasteiger partial charge on any atom is -0.337 e. The molecule has 0 radical (unpaired) electrons. The van der Waals surface area contributed by atoms with Crippen LogP contribution in [0.15, 0.2) is 15.7 Å². The maximum absolute atomic E-state index is 12.8. The lowest BCUT2D eigenvalue weighted by atomic mass is 10.0. The van der Waals surface area contributed by atoms with E-state index in [2.05, 4.69) is 20.3 Å². The minimum absolute atomic E-state index is 0. The second-order valence-corrected chi connectivity index (χ2v) is 7.37. The van der Waals surface area contributed by atoms with Gasteiger partial charge in [0.2, 0.25) is 0 Å². The van der Waals surface area contributed by atoms with Gasteiger partial charge >= 0.3 is 5.69 Å². The molecule has 1 aliphatic carbocycles. The second-order valence-electron chi connectivity index (χ2n) is 7.37. The SMILES string of the molecule is Cc1cc(C(=O)N2CCC(NCC3CC3)CC2)nc2[nH]c(=O)[nH]c(=O)c12.Cl.Cl. The number of aromatic amines is 2. The highest BCUT2D eigenvalue weighted by Crippen LogP contribution is 2.28. The number of fused-ring (bicyclic) bond motifs is 1. The zero-order valence-electron chi connectivity index (χ0n) is 15.6. The number of halogens is 2. The van der Waals surface area contributed by atoms with Crippen molar-refractivity contribution in [3.63, 3.8) is 0 Å². The van der Waals surface area contributed by atoms with Crippen LogP contribution >= 0.6 is 24.8 Å². The number of carbonyl (C=O) groups is 1. The number of pyridine rings is 1. The van der Waals surface area contributed by atoms with E-state index in [0.717, 1.165) is 25.3 Å². The molecule has 1 saturated heterocycles. The Labute approximate surface area is 174 Å². The Morgan fingerprint density at radius 1 is 1.18 bits per heavy atom. The van der Waals surface area contributed by atoms with Crippen LogP contribution in [0.5, 0.6) is 0 Å². The van der Waals surface area contributed by atoms with E-state index in [0.29, 0.717) is 30.1 Å². The van der Waals surface area contributed by atoms with E-state index in [-0.39, 0.29) is 42.1 Å². The van der Waals surface area contributed by atoms with Gasteiger partial charge in [0.1, 0.15) is 11.3 Å². The van der Waals surface area contributed by atoms with Crippen LogP contribution in [0.2, 0.25) is 0 Å². The van der Waals surface area contributed by atoms with E-state index < -0.39 is 11.2 Å². The van der Waals surface area contributed by atoms with Crippen LogP contribution in [0, 0.1) is 12.8 Å². The van der Waals surface area contributed by atoms with Crippen molar-refractivity contribution in [2.75, 3.05) is 19.6 Å². The summed E-state index contributed by atoms with van der Waals surface area (Å²) in [7, 11) is 0. The van der Waals surface area contributed by atoms with Gasteiger partial charge in [-0.3, -0.25) is 19.6 Å². The van der Waals surface area contributed by atoms with Gasteiger partial charge in [-0.2, -0.15) is 0 Å². The molecule has 2 aliphatic rings. The highest BCUT2D eigenvalue weighted by molar-refractivity contribution is 5.95. The molecule has 0 unspecified atom stereocenters. The summed E-state index contributed by atoms with van der Waals surface area (Å²) >= 11 is 0. The van der Waals surface area contributed by atoms with Crippen LogP contribution in [0.4, 0.5) is 0 Å². The highest BCUT2D eigenvalue weighted by Gasteiger charge is 2.27. The third-order valence-electron chi connectivity index (χ3n) is 5.30. The maximum atomic E-state index is 12.8. The molecule has 28 heavy (non-hydrogen) atoms. The Morgan fingerprint density at radius 3 is 2.50 bits per heavy atom. The van der Waals surface area contributed by atoms with Crippen LogP contribution < -0.4 is 16.6 Å². The summed E-state index contributed by atoms with van der Waals surface area (Å²) in [5.74, 6) is 0.696. The van der Waals surface area contributed by atoms with Gasteiger partial charge in [0.15, 0.2) is 0 Å². The Balaban J connectivity index is 0.00000140. The summed E-state index contributed by atoms with van der Waals surface area (Å²) in [6.07, 6.45) is 4.54. The summed E-state index contributed by atoms with van der Waals surface area (Å²) in [5.41, 5.74) is -0.0718. The number of likely N-dealkylation sites (tertiary alicyclic amines) is 1. The summed E-state index contributed by atoms with van der Waals surface area (Å²) in [5, 5.41) is 3.91. The standard InChI is InChI=1S/C18H23N5O3.2ClH/c1-10-8-13(20-15-14(10)16(24)22-18(26)21-15)17(25)23-6-4-12(5-7-23)19-9-11-2-3-11;;/h8,11-12,19H,2-7,9H2,1H3,(H2,20,21,22,24,26);2*1H. The lowest BCUT2D eigenvalue weighted by molar-refractivity contribution is 0.0699. The van der Waals surface area contributed by atoms with Crippen molar-refractivity contribution >= 4 is 41.8 Å². The van der Waals surface area contributed by atoms with Gasteiger partial charge in [-0.25, -0.2) is 9.78 Å². The molecular weight excluding hydrogens is 405 g/mol. The fraction of sp³-hybridized carbons (Fsp3) is 0.556. The number of rotatable bonds is 4. The van der Waals surface area contributed by atoms with Crippen LogP contribution in [-0.4, -0.2) is 51.4 Å². The molecule has 3 heterocycles. The first kappa shape index (κ1) is 22.4. The number of nitrogens with zero attached hydrogens (tertiary/aromatic N) is 2. The third kappa shape index (κ3) is 4.74. The number of carbonyl (C=O) groups excluding carboxylic acids is 1. The van der Waals surface area contributed by atoms with Gasteiger partial charge < -0.3 is 10.2 Å². The van der Waals surface area contributed by atoms with E-state index in [9.17, 15) is 14.4 Å². The van der Waals surface area contributed by atoms with E-state index in [1.807, 2.05) is 0 Å². The van der Waals surface area contributed by atoms with Crippen molar-refractivity contribution in [3.05, 3.63) is 38.2 Å². The fourth-order valence-corrected chi connectivity index (χ4v) is 3.57. The third-order valence-corrected chi connectivity index (χ3v) is 5.30. The number of amides is 1. The second kappa shape index (κ2) is 9.07. The number of hydrogen-bond acceptors (Lipinski definition) is 5. The van der Waals surface area contributed by atoms with Gasteiger partial charge in [0.05, 0.1) is 5.39 Å². The summed E-state index contributed by atoms with van der Waals surface area (Å²) in [4.78, 5) is 47.0. The maximum Gasteiger partial charge on any atom is 0.327 e. The van der Waals surface area contributed by atoms with Gasteiger partial charge in [-0.15, -0.1) is 24.8 Å². The van der Waals surface area contributed by atoms with E-state index in [1.165, 1.54) is 12.8 Å². The number of aromatic nitrogens is 3. The summed E-state index contributed by atoms with van der Waals surface area (Å²) < 4.78 is 0. The smallest absolute Gasteiger partial charge is 0.327 e. The number of aryl methyl sites for hydroxylation is 1. The number of piperidine rings is 1. The molecule has 0 aromatic carbocycles. The molecule has 154 valence electrons. The monoisotopic (exact) mass is 429 g/mol. The molecular formula is C18H25Cl2N5O3. The Kier molecular flexibility index (Phi) is 7.25. The molecule has 0 spiro atoms. The number of H-pyrrole nitrogens is 2. The van der Waals surface area contributed by atoms with Crippen LogP contribution in [0.3, 0.4) is 0 Å². The van der Waals surface area contributed by atoms with Crippen molar-refractivity contribution in [2.24, 2.45) is 5.92 Å². The minimum atomic E-state index is -0.624. The zero-order valence-corrected chi connectivity index (χ0v) is 17.3. The first-order valence-electron chi connectivity index (χ1n) is 9.18. The van der Waals surface area contributed by atoms with Crippen LogP contribution in [0.1, 0.15) is 41.7 Å².